The van der Waals surface area contributed by atoms with Gasteiger partial charge in [0.15, 0.2) is 9.84 Å². The van der Waals surface area contributed by atoms with Crippen LogP contribution in [0.1, 0.15) is 25.3 Å². The van der Waals surface area contributed by atoms with Gasteiger partial charge in [0.2, 0.25) is 0 Å². The van der Waals surface area contributed by atoms with E-state index in [2.05, 4.69) is 11.8 Å². The lowest BCUT2D eigenvalue weighted by molar-refractivity contribution is 0.597. The summed E-state index contributed by atoms with van der Waals surface area (Å²) in [5.41, 5.74) is 8.14. The van der Waals surface area contributed by atoms with E-state index < -0.39 is 9.84 Å². The molecule has 6 heteroatoms. The van der Waals surface area contributed by atoms with E-state index in [0.29, 0.717) is 18.0 Å². The predicted octanol–water partition coefficient (Wildman–Crippen LogP) is 2.24. The summed E-state index contributed by atoms with van der Waals surface area (Å²) in [6.07, 6.45) is 2.27. The molecule has 2 N–H and O–H groups in total. The van der Waals surface area contributed by atoms with Crippen molar-refractivity contribution in [3.05, 3.63) is 28.8 Å². The molecule has 1 heterocycles. The molecule has 0 aromatic heterocycles. The second kappa shape index (κ2) is 6.99. The topological polar surface area (TPSA) is 63.4 Å². The molecular formula is C15H23ClN2O2S. The minimum absolute atomic E-state index is 0.0689. The van der Waals surface area contributed by atoms with Crippen molar-refractivity contribution in [1.29, 1.82) is 0 Å². The van der Waals surface area contributed by atoms with Crippen LogP contribution in [0.2, 0.25) is 5.02 Å². The molecule has 1 aliphatic heterocycles. The predicted molar refractivity (Wildman–Crippen MR) is 88.9 cm³/mol. The molecular weight excluding hydrogens is 308 g/mol. The largest absolute Gasteiger partial charge is 0.370 e. The van der Waals surface area contributed by atoms with E-state index in [4.69, 9.17) is 17.3 Å². The summed E-state index contributed by atoms with van der Waals surface area (Å²) in [5.74, 6) is 0.479. The van der Waals surface area contributed by atoms with E-state index in [1.165, 1.54) is 0 Å². The van der Waals surface area contributed by atoms with Crippen molar-refractivity contribution >= 4 is 27.1 Å². The molecule has 4 nitrogen and oxygen atoms in total. The van der Waals surface area contributed by atoms with Gasteiger partial charge in [-0.05, 0) is 37.0 Å². The highest BCUT2D eigenvalue weighted by Gasteiger charge is 2.22. The highest BCUT2D eigenvalue weighted by Crippen LogP contribution is 2.30. The molecule has 1 aliphatic rings. The normalized spacial score (nSPS) is 20.0. The number of anilines is 1. The lowest BCUT2D eigenvalue weighted by atomic mass is 10.0. The molecule has 1 unspecified atom stereocenters. The lowest BCUT2D eigenvalue weighted by Gasteiger charge is -2.26. The van der Waals surface area contributed by atoms with Gasteiger partial charge >= 0.3 is 0 Å². The zero-order valence-corrected chi connectivity index (χ0v) is 14.0. The van der Waals surface area contributed by atoms with Crippen molar-refractivity contribution in [3.63, 3.8) is 0 Å². The highest BCUT2D eigenvalue weighted by atomic mass is 35.5. The number of sulfone groups is 1. The Hall–Kier alpha value is -0.780. The van der Waals surface area contributed by atoms with Gasteiger partial charge < -0.3 is 10.6 Å². The van der Waals surface area contributed by atoms with Crippen LogP contribution in [0.4, 0.5) is 5.69 Å². The molecule has 1 fully saturated rings. The van der Waals surface area contributed by atoms with Crippen LogP contribution in [-0.2, 0) is 16.3 Å². The van der Waals surface area contributed by atoms with Crippen LogP contribution in [-0.4, -0.2) is 39.1 Å². The fourth-order valence-electron chi connectivity index (χ4n) is 2.63. The minimum Gasteiger partial charge on any atom is -0.370 e. The zero-order chi connectivity index (χ0) is 15.5. The first kappa shape index (κ1) is 16.6. The summed E-state index contributed by atoms with van der Waals surface area (Å²) in [6, 6.07) is 5.87. The summed E-state index contributed by atoms with van der Waals surface area (Å²) in [6.45, 7) is 3.32. The monoisotopic (exact) mass is 330 g/mol. The third-order valence-corrected chi connectivity index (χ3v) is 6.05. The number of halogens is 1. The van der Waals surface area contributed by atoms with Gasteiger partial charge in [0.25, 0.3) is 0 Å². The third-order valence-electron chi connectivity index (χ3n) is 3.98. The summed E-state index contributed by atoms with van der Waals surface area (Å²) >= 11 is 6.35. The number of hydrogen-bond acceptors (Lipinski definition) is 4. The first-order chi connectivity index (χ1) is 9.93. The molecule has 118 valence electrons. The second-order valence-corrected chi connectivity index (χ2v) is 8.31. The number of benzene rings is 1. The first-order valence-electron chi connectivity index (χ1n) is 7.41. The maximum atomic E-state index is 11.8. The fourth-order valence-corrected chi connectivity index (χ4v) is 4.15. The fraction of sp³-hybridized carbons (Fsp3) is 0.600. The van der Waals surface area contributed by atoms with Crippen molar-refractivity contribution in [2.24, 2.45) is 5.73 Å². The lowest BCUT2D eigenvalue weighted by Crippen LogP contribution is -2.29. The molecule has 0 saturated carbocycles. The molecule has 0 spiro atoms. The van der Waals surface area contributed by atoms with E-state index in [-0.39, 0.29) is 17.5 Å². The molecule has 21 heavy (non-hydrogen) atoms. The SMILES string of the molecule is CCC(N)Cc1c(Cl)cccc1N1CCCS(=O)(=O)CC1. The Morgan fingerprint density at radius 1 is 1.33 bits per heavy atom. The van der Waals surface area contributed by atoms with Crippen molar-refractivity contribution in [3.8, 4) is 0 Å². The van der Waals surface area contributed by atoms with Crippen LogP contribution in [0.15, 0.2) is 18.2 Å². The summed E-state index contributed by atoms with van der Waals surface area (Å²) in [4.78, 5) is 2.13. The first-order valence-corrected chi connectivity index (χ1v) is 9.61. The van der Waals surface area contributed by atoms with E-state index >= 15 is 0 Å². The van der Waals surface area contributed by atoms with Crippen LogP contribution in [0, 0.1) is 0 Å². The molecule has 1 aromatic carbocycles. The molecule has 0 bridgehead atoms. The van der Waals surface area contributed by atoms with E-state index in [1.807, 2.05) is 18.2 Å². The molecule has 0 aliphatic carbocycles. The Bertz CT molecular complexity index is 589. The van der Waals surface area contributed by atoms with Crippen molar-refractivity contribution in [2.45, 2.75) is 32.2 Å². The van der Waals surface area contributed by atoms with Crippen LogP contribution in [0.5, 0.6) is 0 Å². The maximum Gasteiger partial charge on any atom is 0.152 e. The Kier molecular flexibility index (Phi) is 5.52. The van der Waals surface area contributed by atoms with Gasteiger partial charge in [-0.25, -0.2) is 8.42 Å². The molecule has 1 atom stereocenters. The van der Waals surface area contributed by atoms with Crippen LogP contribution >= 0.6 is 11.6 Å². The van der Waals surface area contributed by atoms with Gasteiger partial charge in [-0.1, -0.05) is 24.6 Å². The molecule has 2 rings (SSSR count). The number of nitrogens with two attached hydrogens (primary N) is 1. The molecule has 0 amide bonds. The Labute approximate surface area is 132 Å². The van der Waals surface area contributed by atoms with Gasteiger partial charge in [0, 0.05) is 29.8 Å². The Morgan fingerprint density at radius 3 is 2.81 bits per heavy atom. The highest BCUT2D eigenvalue weighted by molar-refractivity contribution is 7.91. The standard InChI is InChI=1S/C15H23ClN2O2S/c1-2-12(17)11-13-14(16)5-3-6-15(13)18-7-4-9-21(19,20)10-8-18/h3,5-6,12H,2,4,7-11,17H2,1H3. The van der Waals surface area contributed by atoms with Gasteiger partial charge in [-0.3, -0.25) is 0 Å². The number of rotatable bonds is 4. The van der Waals surface area contributed by atoms with Gasteiger partial charge in [-0.2, -0.15) is 0 Å². The van der Waals surface area contributed by atoms with Crippen LogP contribution in [0.3, 0.4) is 0 Å². The molecule has 1 aromatic rings. The van der Waals surface area contributed by atoms with Crippen molar-refractivity contribution in [1.82, 2.24) is 0 Å². The summed E-state index contributed by atoms with van der Waals surface area (Å²) < 4.78 is 23.5. The molecule has 1 saturated heterocycles. The maximum absolute atomic E-state index is 11.8. The average Bonchev–Trinajstić information content (AvgIpc) is 2.62. The van der Waals surface area contributed by atoms with Gasteiger partial charge in [0.1, 0.15) is 0 Å². The van der Waals surface area contributed by atoms with Crippen LogP contribution in [0.25, 0.3) is 0 Å². The van der Waals surface area contributed by atoms with E-state index in [0.717, 1.165) is 30.6 Å². The Balaban J connectivity index is 2.28. The smallest absolute Gasteiger partial charge is 0.152 e. The summed E-state index contributed by atoms with van der Waals surface area (Å²) in [5, 5.41) is 0.712. The minimum atomic E-state index is -2.91. The van der Waals surface area contributed by atoms with Gasteiger partial charge in [0.05, 0.1) is 11.5 Å². The summed E-state index contributed by atoms with van der Waals surface area (Å²) in [7, 11) is -2.91. The van der Waals surface area contributed by atoms with E-state index in [1.54, 1.807) is 0 Å². The quantitative estimate of drug-likeness (QED) is 0.919. The van der Waals surface area contributed by atoms with Gasteiger partial charge in [-0.15, -0.1) is 0 Å². The zero-order valence-electron chi connectivity index (χ0n) is 12.4. The number of hydrogen-bond donors (Lipinski definition) is 1. The van der Waals surface area contributed by atoms with E-state index in [9.17, 15) is 8.42 Å². The van der Waals surface area contributed by atoms with Crippen molar-refractivity contribution < 1.29 is 8.42 Å². The number of nitrogens with zero attached hydrogens (tertiary/aromatic N) is 1. The average molecular weight is 331 g/mol. The molecule has 0 radical (unpaired) electrons. The third kappa shape index (κ3) is 4.34. The Morgan fingerprint density at radius 2 is 2.10 bits per heavy atom. The van der Waals surface area contributed by atoms with Crippen molar-refractivity contribution in [2.75, 3.05) is 29.5 Å². The van der Waals surface area contributed by atoms with Crippen LogP contribution < -0.4 is 10.6 Å². The second-order valence-electron chi connectivity index (χ2n) is 5.60.